The normalized spacial score (nSPS) is 11.5. The molecule has 9 heteroatoms. The van der Waals surface area contributed by atoms with Crippen molar-refractivity contribution < 1.29 is 5.21 Å². The van der Waals surface area contributed by atoms with Crippen molar-refractivity contribution in [1.29, 1.82) is 0 Å². The van der Waals surface area contributed by atoms with Gasteiger partial charge in [0.2, 0.25) is 11.1 Å². The molecule has 1 heterocycles. The molecule has 0 aliphatic heterocycles. The second-order valence-electron chi connectivity index (χ2n) is 2.70. The molecule has 0 saturated carbocycles. The van der Waals surface area contributed by atoms with Crippen LogP contribution in [0.1, 0.15) is 5.01 Å². The van der Waals surface area contributed by atoms with Crippen molar-refractivity contribution >= 4 is 34.2 Å². The number of thioether (sulfide) groups is 1. The molecular formula is C7H14N6OS2. The maximum absolute atomic E-state index is 8.58. The van der Waals surface area contributed by atoms with Gasteiger partial charge in [-0.2, -0.15) is 11.8 Å². The Bertz CT molecular complexity index is 341. The fraction of sp³-hybridized carbons (Fsp3) is 0.571. The van der Waals surface area contributed by atoms with Crippen molar-refractivity contribution in [1.82, 2.24) is 21.0 Å². The summed E-state index contributed by atoms with van der Waals surface area (Å²) in [4.78, 5) is 3.76. The van der Waals surface area contributed by atoms with Crippen LogP contribution in [0, 0.1) is 0 Å². The van der Waals surface area contributed by atoms with Gasteiger partial charge >= 0.3 is 0 Å². The minimum absolute atomic E-state index is 0.362. The van der Waals surface area contributed by atoms with Crippen LogP contribution in [0.2, 0.25) is 0 Å². The SMILES string of the molecule is CN=C(NO)NCCSCc1nnc(N)s1. The minimum atomic E-state index is 0.362. The summed E-state index contributed by atoms with van der Waals surface area (Å²) in [5.74, 6) is 2.03. The second kappa shape index (κ2) is 7.25. The van der Waals surface area contributed by atoms with Crippen molar-refractivity contribution in [3.63, 3.8) is 0 Å². The second-order valence-corrected chi connectivity index (χ2v) is 4.90. The molecule has 0 atom stereocenters. The molecule has 0 aliphatic rings. The Morgan fingerprint density at radius 3 is 3.00 bits per heavy atom. The number of nitrogen functional groups attached to an aromatic ring is 1. The topological polar surface area (TPSA) is 108 Å². The van der Waals surface area contributed by atoms with Crippen molar-refractivity contribution in [3.8, 4) is 0 Å². The summed E-state index contributed by atoms with van der Waals surface area (Å²) < 4.78 is 0. The van der Waals surface area contributed by atoms with Crippen LogP contribution in [-0.4, -0.2) is 40.7 Å². The monoisotopic (exact) mass is 262 g/mol. The number of nitrogens with one attached hydrogen (secondary N) is 2. The third-order valence-corrected chi connectivity index (χ3v) is 3.48. The maximum atomic E-state index is 8.58. The molecule has 0 unspecified atom stereocenters. The fourth-order valence-corrected chi connectivity index (χ4v) is 2.41. The third kappa shape index (κ3) is 4.64. The van der Waals surface area contributed by atoms with Gasteiger partial charge in [-0.3, -0.25) is 10.2 Å². The zero-order chi connectivity index (χ0) is 11.8. The quantitative estimate of drug-likeness (QED) is 0.254. The van der Waals surface area contributed by atoms with E-state index in [9.17, 15) is 0 Å². The predicted molar refractivity (Wildman–Crippen MR) is 66.8 cm³/mol. The summed E-state index contributed by atoms with van der Waals surface area (Å²) in [5, 5.41) is 20.6. The molecule has 90 valence electrons. The van der Waals surface area contributed by atoms with Gasteiger partial charge in [-0.25, -0.2) is 5.48 Å². The largest absolute Gasteiger partial charge is 0.374 e. The predicted octanol–water partition coefficient (Wildman–Crippen LogP) is -0.0923. The summed E-state index contributed by atoms with van der Waals surface area (Å²) in [6, 6.07) is 0. The van der Waals surface area contributed by atoms with Crippen LogP contribution in [-0.2, 0) is 5.75 Å². The first-order valence-electron chi connectivity index (χ1n) is 4.52. The fourth-order valence-electron chi connectivity index (χ4n) is 0.895. The van der Waals surface area contributed by atoms with E-state index in [0.29, 0.717) is 17.6 Å². The zero-order valence-electron chi connectivity index (χ0n) is 8.80. The summed E-state index contributed by atoms with van der Waals surface area (Å²) in [6.45, 7) is 0.708. The van der Waals surface area contributed by atoms with Gasteiger partial charge in [0.15, 0.2) is 0 Å². The van der Waals surface area contributed by atoms with Gasteiger partial charge in [0.25, 0.3) is 0 Å². The average Bonchev–Trinajstić information content (AvgIpc) is 2.70. The molecule has 0 radical (unpaired) electrons. The molecular weight excluding hydrogens is 248 g/mol. The van der Waals surface area contributed by atoms with Crippen molar-refractivity contribution in [2.75, 3.05) is 25.1 Å². The summed E-state index contributed by atoms with van der Waals surface area (Å²) >= 11 is 3.11. The summed E-state index contributed by atoms with van der Waals surface area (Å²) in [5.41, 5.74) is 7.41. The van der Waals surface area contributed by atoms with Crippen LogP contribution >= 0.6 is 23.1 Å². The van der Waals surface area contributed by atoms with E-state index in [1.807, 2.05) is 5.48 Å². The van der Waals surface area contributed by atoms with Gasteiger partial charge in [0, 0.05) is 25.1 Å². The maximum Gasteiger partial charge on any atom is 0.215 e. The molecule has 1 aromatic heterocycles. The Labute approximate surface area is 102 Å². The minimum Gasteiger partial charge on any atom is -0.374 e. The van der Waals surface area contributed by atoms with Crippen LogP contribution in [0.3, 0.4) is 0 Å². The van der Waals surface area contributed by atoms with E-state index in [2.05, 4.69) is 20.5 Å². The lowest BCUT2D eigenvalue weighted by Gasteiger charge is -2.06. The molecule has 7 nitrogen and oxygen atoms in total. The smallest absolute Gasteiger partial charge is 0.215 e. The number of aliphatic imine (C=N–C) groups is 1. The molecule has 0 aromatic carbocycles. The van der Waals surface area contributed by atoms with Crippen LogP contribution in [0.4, 0.5) is 5.13 Å². The molecule has 0 saturated heterocycles. The third-order valence-electron chi connectivity index (χ3n) is 1.58. The highest BCUT2D eigenvalue weighted by molar-refractivity contribution is 7.98. The molecule has 1 aromatic rings. The van der Waals surface area contributed by atoms with E-state index in [0.717, 1.165) is 16.5 Å². The van der Waals surface area contributed by atoms with Crippen LogP contribution in [0.15, 0.2) is 4.99 Å². The number of guanidine groups is 1. The molecule has 0 fully saturated rings. The van der Waals surface area contributed by atoms with E-state index >= 15 is 0 Å². The highest BCUT2D eigenvalue weighted by atomic mass is 32.2. The number of rotatable bonds is 5. The number of hydrogen-bond donors (Lipinski definition) is 4. The van der Waals surface area contributed by atoms with E-state index in [1.165, 1.54) is 11.3 Å². The number of nitrogens with zero attached hydrogens (tertiary/aromatic N) is 3. The molecule has 5 N–H and O–H groups in total. The highest BCUT2D eigenvalue weighted by Crippen LogP contribution is 2.17. The van der Waals surface area contributed by atoms with Gasteiger partial charge in [-0.1, -0.05) is 11.3 Å². The van der Waals surface area contributed by atoms with Crippen molar-refractivity contribution in [3.05, 3.63) is 5.01 Å². The lowest BCUT2D eigenvalue weighted by atomic mass is 10.7. The van der Waals surface area contributed by atoms with Gasteiger partial charge < -0.3 is 11.1 Å². The lowest BCUT2D eigenvalue weighted by Crippen LogP contribution is -2.36. The van der Waals surface area contributed by atoms with Crippen molar-refractivity contribution in [2.45, 2.75) is 5.75 Å². The number of anilines is 1. The van der Waals surface area contributed by atoms with E-state index in [4.69, 9.17) is 10.9 Å². The van der Waals surface area contributed by atoms with Gasteiger partial charge in [0.05, 0.1) is 0 Å². The van der Waals surface area contributed by atoms with Crippen LogP contribution in [0.25, 0.3) is 0 Å². The molecule has 0 amide bonds. The molecule has 0 aliphatic carbocycles. The van der Waals surface area contributed by atoms with E-state index < -0.39 is 0 Å². The Morgan fingerprint density at radius 1 is 1.62 bits per heavy atom. The van der Waals surface area contributed by atoms with Gasteiger partial charge in [-0.15, -0.1) is 10.2 Å². The van der Waals surface area contributed by atoms with Gasteiger partial charge in [-0.05, 0) is 0 Å². The molecule has 1 rings (SSSR count). The summed E-state index contributed by atoms with van der Waals surface area (Å²) in [7, 11) is 1.59. The van der Waals surface area contributed by atoms with E-state index in [-0.39, 0.29) is 0 Å². The average molecular weight is 262 g/mol. The Balaban J connectivity index is 2.08. The first-order chi connectivity index (χ1) is 7.76. The highest BCUT2D eigenvalue weighted by Gasteiger charge is 2.00. The van der Waals surface area contributed by atoms with Gasteiger partial charge in [0.1, 0.15) is 5.01 Å². The Kier molecular flexibility index (Phi) is 5.90. The molecule has 16 heavy (non-hydrogen) atoms. The van der Waals surface area contributed by atoms with Crippen LogP contribution < -0.4 is 16.5 Å². The molecule has 0 spiro atoms. The number of nitrogens with two attached hydrogens (primary N) is 1. The first-order valence-corrected chi connectivity index (χ1v) is 6.49. The number of hydroxylamine groups is 1. The Hall–Kier alpha value is -1.06. The first kappa shape index (κ1) is 13.0. The lowest BCUT2D eigenvalue weighted by molar-refractivity contribution is 0.229. The number of hydrogen-bond acceptors (Lipinski definition) is 7. The van der Waals surface area contributed by atoms with Crippen LogP contribution in [0.5, 0.6) is 0 Å². The standard InChI is InChI=1S/C7H14N6OS2/c1-9-7(13-14)10-2-3-15-4-5-11-12-6(8)16-5/h14H,2-4H2,1H3,(H2,8,12)(H2,9,10,13). The zero-order valence-corrected chi connectivity index (χ0v) is 10.4. The van der Waals surface area contributed by atoms with Crippen molar-refractivity contribution in [2.24, 2.45) is 4.99 Å². The number of aromatic nitrogens is 2. The molecule has 0 bridgehead atoms. The summed E-state index contributed by atoms with van der Waals surface area (Å²) in [6.07, 6.45) is 0. The Morgan fingerprint density at radius 2 is 2.44 bits per heavy atom. The van der Waals surface area contributed by atoms with E-state index in [1.54, 1.807) is 18.8 Å².